The van der Waals surface area contributed by atoms with Gasteiger partial charge in [-0.2, -0.15) is 13.2 Å². The minimum atomic E-state index is -4.53. The number of rotatable bonds is 7. The topological polar surface area (TPSA) is 106 Å². The maximum Gasteiger partial charge on any atom is 0.406 e. The van der Waals surface area contributed by atoms with Gasteiger partial charge in [-0.05, 0) is 43.8 Å². The third kappa shape index (κ3) is 7.47. The number of amides is 1. The average molecular weight is 596 g/mol. The van der Waals surface area contributed by atoms with Gasteiger partial charge >= 0.3 is 6.18 Å². The van der Waals surface area contributed by atoms with Gasteiger partial charge in [0.2, 0.25) is 0 Å². The van der Waals surface area contributed by atoms with Crippen molar-refractivity contribution in [3.8, 4) is 17.6 Å². The number of aromatic nitrogens is 2. The van der Waals surface area contributed by atoms with Gasteiger partial charge in [0.05, 0.1) is 47.7 Å². The van der Waals surface area contributed by atoms with E-state index in [2.05, 4.69) is 27.5 Å². The number of piperidine rings is 1. The molecule has 2 heterocycles. The number of halogens is 4. The Morgan fingerprint density at radius 1 is 1.24 bits per heavy atom. The molecule has 0 spiro atoms. The summed E-state index contributed by atoms with van der Waals surface area (Å²) in [6, 6.07) is 6.37. The molecule has 2 aromatic carbocycles. The van der Waals surface area contributed by atoms with Crippen molar-refractivity contribution in [2.75, 3.05) is 45.4 Å². The van der Waals surface area contributed by atoms with E-state index in [1.54, 1.807) is 7.05 Å². The number of ether oxygens (including phenoxy) is 1. The number of alkyl halides is 4. The molecule has 2 atom stereocenters. The Bertz CT molecular complexity index is 1610. The highest BCUT2D eigenvalue weighted by Gasteiger charge is 2.31. The van der Waals surface area contributed by atoms with Gasteiger partial charge in [-0.1, -0.05) is 11.8 Å². The zero-order valence-electron chi connectivity index (χ0n) is 22.5. The number of carbonyl (C=O) groups is 1. The molecule has 1 aromatic heterocycles. The third-order valence-corrected chi connectivity index (χ3v) is 7.69. The van der Waals surface area contributed by atoms with Crippen molar-refractivity contribution in [3.63, 3.8) is 0 Å². The molecule has 1 aliphatic rings. The van der Waals surface area contributed by atoms with Crippen molar-refractivity contribution >= 4 is 32.5 Å². The summed E-state index contributed by atoms with van der Waals surface area (Å²) in [5, 5.41) is 5.63. The van der Waals surface area contributed by atoms with E-state index in [0.717, 1.165) is 17.2 Å². The molecule has 3 aromatic rings. The van der Waals surface area contributed by atoms with Gasteiger partial charge in [0, 0.05) is 24.9 Å². The van der Waals surface area contributed by atoms with E-state index in [1.165, 1.54) is 37.4 Å². The molecule has 220 valence electrons. The molecule has 0 unspecified atom stereocenters. The molecule has 41 heavy (non-hydrogen) atoms. The predicted octanol–water partition coefficient (Wildman–Crippen LogP) is 3.25. The number of hydrogen-bond donors (Lipinski definition) is 2. The van der Waals surface area contributed by atoms with Gasteiger partial charge in [0.15, 0.2) is 9.84 Å². The lowest BCUT2D eigenvalue weighted by molar-refractivity contribution is -0.139. The summed E-state index contributed by atoms with van der Waals surface area (Å²) in [5.74, 6) is 5.38. The first-order valence-electron chi connectivity index (χ1n) is 12.5. The van der Waals surface area contributed by atoms with E-state index in [-0.39, 0.29) is 40.1 Å². The van der Waals surface area contributed by atoms with Crippen LogP contribution in [0.25, 0.3) is 11.0 Å². The van der Waals surface area contributed by atoms with Crippen LogP contribution < -0.4 is 15.4 Å². The van der Waals surface area contributed by atoms with E-state index < -0.39 is 40.7 Å². The highest BCUT2D eigenvalue weighted by molar-refractivity contribution is 7.90. The van der Waals surface area contributed by atoms with Crippen molar-refractivity contribution in [1.29, 1.82) is 0 Å². The lowest BCUT2D eigenvalue weighted by atomic mass is 10.0. The van der Waals surface area contributed by atoms with Gasteiger partial charge in [-0.25, -0.2) is 17.8 Å². The highest BCUT2D eigenvalue weighted by atomic mass is 32.2. The fourth-order valence-electron chi connectivity index (χ4n) is 4.53. The van der Waals surface area contributed by atoms with E-state index in [4.69, 9.17) is 4.74 Å². The number of imidazole rings is 1. The maximum atomic E-state index is 14.6. The predicted molar refractivity (Wildman–Crippen MR) is 146 cm³/mol. The van der Waals surface area contributed by atoms with Gasteiger partial charge in [-0.15, -0.1) is 0 Å². The Kier molecular flexibility index (Phi) is 8.79. The van der Waals surface area contributed by atoms with Crippen LogP contribution in [-0.2, 0) is 16.4 Å². The van der Waals surface area contributed by atoms with Crippen LogP contribution >= 0.6 is 0 Å². The van der Waals surface area contributed by atoms with Crippen LogP contribution in [0.5, 0.6) is 5.75 Å². The zero-order chi connectivity index (χ0) is 29.9. The molecule has 0 aliphatic carbocycles. The Morgan fingerprint density at radius 3 is 2.66 bits per heavy atom. The van der Waals surface area contributed by atoms with Crippen LogP contribution in [0, 0.1) is 11.8 Å². The van der Waals surface area contributed by atoms with Crippen molar-refractivity contribution in [1.82, 2.24) is 19.8 Å². The largest absolute Gasteiger partial charge is 0.495 e. The quantitative estimate of drug-likeness (QED) is 0.319. The van der Waals surface area contributed by atoms with E-state index in [9.17, 15) is 30.8 Å². The number of likely N-dealkylation sites (tertiary alicyclic amines) is 1. The molecule has 1 aliphatic heterocycles. The minimum absolute atomic E-state index is 0.0179. The Labute approximate surface area is 234 Å². The van der Waals surface area contributed by atoms with Crippen molar-refractivity contribution < 1.29 is 35.5 Å². The van der Waals surface area contributed by atoms with Crippen LogP contribution in [0.15, 0.2) is 41.6 Å². The Balaban J connectivity index is 1.63. The summed E-state index contributed by atoms with van der Waals surface area (Å²) in [5.41, 5.74) is 0.693. The molecule has 4 rings (SSSR count). The Hall–Kier alpha value is -3.83. The molecule has 2 N–H and O–H groups in total. The first-order valence-corrected chi connectivity index (χ1v) is 14.4. The summed E-state index contributed by atoms with van der Waals surface area (Å²) < 4.78 is 84.2. The number of methoxy groups -OCH3 is 1. The lowest BCUT2D eigenvalue weighted by Crippen LogP contribution is -2.51. The highest BCUT2D eigenvalue weighted by Crippen LogP contribution is 2.28. The first kappa shape index (κ1) is 30.1. The molecule has 9 nitrogen and oxygen atoms in total. The molecule has 0 bridgehead atoms. The fourth-order valence-corrected chi connectivity index (χ4v) is 5.18. The molecule has 0 saturated carbocycles. The zero-order valence-corrected chi connectivity index (χ0v) is 23.4. The first-order chi connectivity index (χ1) is 19.2. The van der Waals surface area contributed by atoms with Crippen LogP contribution in [0.4, 0.5) is 23.2 Å². The number of nitrogens with one attached hydrogen (secondary N) is 2. The van der Waals surface area contributed by atoms with Crippen LogP contribution in [-0.4, -0.2) is 87.2 Å². The standard InChI is InChI=1S/C27H29F4N5O4S/c1-35-10-8-21(20(28)14-35)34-26(37)19-11-17(12-23-25(19)33-16-36(23)15-27(29,30)31)5-4-9-32-22-13-18(41(3,38)39)6-7-24(22)40-2/h6-7,11-13,16,20-21,32H,8-10,14-15H2,1-3H3,(H,34,37)/t20-,21-/m1/s1. The molecule has 1 fully saturated rings. The number of anilines is 1. The summed E-state index contributed by atoms with van der Waals surface area (Å²) in [6.45, 7) is -0.570. The van der Waals surface area contributed by atoms with Crippen molar-refractivity contribution in [2.45, 2.75) is 36.3 Å². The monoisotopic (exact) mass is 595 g/mol. The molecule has 0 radical (unpaired) electrons. The Morgan fingerprint density at radius 2 is 2.00 bits per heavy atom. The third-order valence-electron chi connectivity index (χ3n) is 6.58. The number of benzene rings is 2. The second-order valence-electron chi connectivity index (χ2n) is 9.82. The van der Waals surface area contributed by atoms with E-state index >= 15 is 0 Å². The van der Waals surface area contributed by atoms with E-state index in [1.807, 2.05) is 4.90 Å². The van der Waals surface area contributed by atoms with Gasteiger partial charge in [0.1, 0.15) is 24.0 Å². The number of fused-ring (bicyclic) bond motifs is 1. The second-order valence-corrected chi connectivity index (χ2v) is 11.8. The minimum Gasteiger partial charge on any atom is -0.495 e. The molecule has 14 heteroatoms. The van der Waals surface area contributed by atoms with E-state index in [0.29, 0.717) is 24.4 Å². The SMILES string of the molecule is COc1ccc(S(C)(=O)=O)cc1NCC#Cc1cc(C(=O)N[C@@H]2CCN(C)C[C@H]2F)c2ncn(CC(F)(F)F)c2c1. The van der Waals surface area contributed by atoms with Crippen LogP contribution in [0.1, 0.15) is 22.3 Å². The lowest BCUT2D eigenvalue weighted by Gasteiger charge is -2.32. The average Bonchev–Trinajstić information content (AvgIpc) is 3.28. The summed E-state index contributed by atoms with van der Waals surface area (Å²) in [7, 11) is -0.270. The van der Waals surface area contributed by atoms with Crippen molar-refractivity contribution in [2.24, 2.45) is 0 Å². The van der Waals surface area contributed by atoms with Gasteiger partial charge < -0.3 is 24.8 Å². The maximum absolute atomic E-state index is 14.6. The van der Waals surface area contributed by atoms with Crippen LogP contribution in [0.3, 0.4) is 0 Å². The summed E-state index contributed by atoms with van der Waals surface area (Å²) >= 11 is 0. The smallest absolute Gasteiger partial charge is 0.406 e. The number of carbonyl (C=O) groups excluding carboxylic acids is 1. The van der Waals surface area contributed by atoms with Gasteiger partial charge in [-0.3, -0.25) is 4.79 Å². The number of nitrogens with zero attached hydrogens (tertiary/aromatic N) is 3. The summed E-state index contributed by atoms with van der Waals surface area (Å²) in [6.07, 6.45) is -3.38. The molecular formula is C27H29F4N5O4S. The van der Waals surface area contributed by atoms with Gasteiger partial charge in [0.25, 0.3) is 5.91 Å². The molecule has 1 saturated heterocycles. The van der Waals surface area contributed by atoms with Crippen LogP contribution in [0.2, 0.25) is 0 Å². The summed E-state index contributed by atoms with van der Waals surface area (Å²) in [4.78, 5) is 19.1. The second kappa shape index (κ2) is 12.0. The molecule has 1 amide bonds. The number of hydrogen-bond acceptors (Lipinski definition) is 7. The number of sulfone groups is 1. The van der Waals surface area contributed by atoms with Crippen molar-refractivity contribution in [3.05, 3.63) is 47.8 Å². The normalized spacial score (nSPS) is 18.0. The molecular weight excluding hydrogens is 566 g/mol. The fraction of sp³-hybridized carbons (Fsp3) is 0.407.